The molecule has 1 heterocycles. The molecule has 1 aliphatic rings. The number of rotatable bonds is 21. The summed E-state index contributed by atoms with van der Waals surface area (Å²) < 4.78 is 150. The van der Waals surface area contributed by atoms with E-state index in [1.807, 2.05) is 72.8 Å². The Morgan fingerprint density at radius 3 is 1.30 bits per heavy atom. The molecular formula is C63H69F11N4O5. The van der Waals surface area contributed by atoms with E-state index >= 15 is 0 Å². The van der Waals surface area contributed by atoms with E-state index in [0.717, 1.165) is 74.0 Å². The normalized spacial score (nSPS) is 13.2. The van der Waals surface area contributed by atoms with Crippen LogP contribution in [0.2, 0.25) is 0 Å². The Morgan fingerprint density at radius 2 is 0.892 bits per heavy atom. The van der Waals surface area contributed by atoms with Crippen molar-refractivity contribution in [2.75, 3.05) is 56.6 Å². The monoisotopic (exact) mass is 1170 g/mol. The fraction of sp³-hybridized carbons (Fsp3) is 0.317. The number of hydrogen-bond acceptors (Lipinski definition) is 9. The van der Waals surface area contributed by atoms with Crippen LogP contribution >= 0.6 is 0 Å². The summed E-state index contributed by atoms with van der Waals surface area (Å²) in [6.45, 7) is 4.52. The van der Waals surface area contributed by atoms with Gasteiger partial charge in [-0.2, -0.15) is 39.5 Å². The maximum atomic E-state index is 13.1. The van der Waals surface area contributed by atoms with Gasteiger partial charge in [-0.05, 0) is 114 Å². The number of nitrogens with one attached hydrogen (secondary N) is 2. The number of ether oxygens (including phenoxy) is 2. The molecule has 0 saturated carbocycles. The van der Waals surface area contributed by atoms with Crippen molar-refractivity contribution < 1.29 is 72.8 Å². The van der Waals surface area contributed by atoms with Gasteiger partial charge in [0, 0.05) is 63.1 Å². The van der Waals surface area contributed by atoms with Crippen molar-refractivity contribution in [3.8, 4) is 11.5 Å². The third-order valence-corrected chi connectivity index (χ3v) is 12.5. The Labute approximate surface area is 477 Å². The van der Waals surface area contributed by atoms with Gasteiger partial charge in [-0.15, -0.1) is 0 Å². The molecule has 9 nitrogen and oxygen atoms in total. The molecule has 2 unspecified atom stereocenters. The van der Waals surface area contributed by atoms with Crippen molar-refractivity contribution in [1.82, 2.24) is 9.80 Å². The number of hydrogen-bond donors (Lipinski definition) is 4. The second-order valence-electron chi connectivity index (χ2n) is 19.2. The van der Waals surface area contributed by atoms with Crippen LogP contribution in [0.5, 0.6) is 11.5 Å². The molecule has 20 heteroatoms. The Bertz CT molecular complexity index is 2860. The lowest BCUT2D eigenvalue weighted by Crippen LogP contribution is -2.38. The molecule has 7 aromatic rings. The average Bonchev–Trinajstić information content (AvgIpc) is 3.48. The van der Waals surface area contributed by atoms with Gasteiger partial charge in [-0.3, -0.25) is 14.6 Å². The minimum atomic E-state index is -4.41. The van der Waals surface area contributed by atoms with Crippen molar-refractivity contribution in [1.29, 1.82) is 0 Å². The predicted molar refractivity (Wildman–Crippen MR) is 301 cm³/mol. The van der Waals surface area contributed by atoms with Gasteiger partial charge in [0.05, 0.1) is 29.8 Å². The van der Waals surface area contributed by atoms with Gasteiger partial charge in [-0.25, -0.2) is 8.78 Å². The first-order valence-corrected chi connectivity index (χ1v) is 25.6. The molecule has 0 bridgehead atoms. The van der Waals surface area contributed by atoms with Crippen molar-refractivity contribution >= 4 is 17.2 Å². The van der Waals surface area contributed by atoms with Gasteiger partial charge in [0.25, 0.3) is 5.92 Å². The number of anilines is 2. The smallest absolute Gasteiger partial charge is 0.416 e. The van der Waals surface area contributed by atoms with Crippen LogP contribution in [0.3, 0.4) is 0 Å². The number of fused-ring (bicyclic) bond motifs is 1. The average molecular weight is 1170 g/mol. The van der Waals surface area contributed by atoms with Crippen molar-refractivity contribution in [3.05, 3.63) is 226 Å². The minimum absolute atomic E-state index is 0. The lowest BCUT2D eigenvalue weighted by atomic mass is 10.00. The summed E-state index contributed by atoms with van der Waals surface area (Å²) in [5.41, 5.74) is 3.43. The molecule has 0 aliphatic carbocycles. The van der Waals surface area contributed by atoms with Gasteiger partial charge in [0.15, 0.2) is 5.78 Å². The molecule has 0 radical (unpaired) electrons. The summed E-state index contributed by atoms with van der Waals surface area (Å²) in [5.74, 6) is -2.56. The molecule has 83 heavy (non-hydrogen) atoms. The van der Waals surface area contributed by atoms with E-state index in [0.29, 0.717) is 49.1 Å². The van der Waals surface area contributed by atoms with Gasteiger partial charge < -0.3 is 30.3 Å². The van der Waals surface area contributed by atoms with Crippen LogP contribution in [-0.2, 0) is 55.3 Å². The summed E-state index contributed by atoms with van der Waals surface area (Å²) in [7, 11) is 0. The number of aliphatic hydroxyl groups excluding tert-OH is 2. The zero-order valence-corrected chi connectivity index (χ0v) is 43.9. The van der Waals surface area contributed by atoms with Gasteiger partial charge in [0.2, 0.25) is 0 Å². The summed E-state index contributed by atoms with van der Waals surface area (Å²) >= 11 is 0. The second kappa shape index (κ2) is 31.8. The zero-order valence-electron chi connectivity index (χ0n) is 43.9. The number of carbonyl (C=O) groups is 1. The van der Waals surface area contributed by atoms with Crippen LogP contribution in [0.25, 0.3) is 0 Å². The largest absolute Gasteiger partial charge is 0.491 e. The molecular weight excluding hydrogens is 1100 g/mol. The van der Waals surface area contributed by atoms with E-state index in [1.165, 1.54) is 71.8 Å². The lowest BCUT2D eigenvalue weighted by molar-refractivity contribution is -0.138. The first-order chi connectivity index (χ1) is 38.4. The maximum Gasteiger partial charge on any atom is 0.416 e. The number of halogens is 11. The molecule has 2 atom stereocenters. The number of β-amino-alcohol motifs (C(OH)–C–C–N with tert-alkyl or cyclic N) is 1. The number of ketones is 1. The Balaban J connectivity index is 0.000000265. The minimum Gasteiger partial charge on any atom is -0.491 e. The highest BCUT2D eigenvalue weighted by Crippen LogP contribution is 2.33. The molecule has 448 valence electrons. The van der Waals surface area contributed by atoms with Gasteiger partial charge in [0.1, 0.15) is 36.9 Å². The van der Waals surface area contributed by atoms with Crippen molar-refractivity contribution in [2.24, 2.45) is 0 Å². The Morgan fingerprint density at radius 1 is 0.518 bits per heavy atom. The SMILES string of the molecule is C.C.CC(F)(F)c1ccc(NCC(=O)CNc2ccc(C(F)(F)F)cc2)cc1.OC(COc1ccc(C(F)(F)F)cc1)CN(Cc1ccccc1)Cc1ccccc1.OC(COc1ccc(C(F)(F)F)cc1)CN1CCc2ccccc2C1. The molecule has 7 aromatic carbocycles. The second-order valence-corrected chi connectivity index (χ2v) is 19.2. The first kappa shape index (κ1) is 68.0. The van der Waals surface area contributed by atoms with Crippen LogP contribution in [0, 0.1) is 0 Å². The first-order valence-electron chi connectivity index (χ1n) is 25.6. The Kier molecular flexibility index (Phi) is 26.0. The van der Waals surface area contributed by atoms with E-state index in [4.69, 9.17) is 9.47 Å². The highest BCUT2D eigenvalue weighted by Gasteiger charge is 2.32. The molecule has 0 aromatic heterocycles. The highest BCUT2D eigenvalue weighted by atomic mass is 19.4. The molecule has 0 fully saturated rings. The summed E-state index contributed by atoms with van der Waals surface area (Å²) in [6.07, 6.45) is -13.7. The third kappa shape index (κ3) is 23.7. The van der Waals surface area contributed by atoms with Crippen molar-refractivity contribution in [3.63, 3.8) is 0 Å². The van der Waals surface area contributed by atoms with Crippen molar-refractivity contribution in [2.45, 2.75) is 84.5 Å². The number of nitrogens with zero attached hydrogens (tertiary/aromatic N) is 2. The van der Waals surface area contributed by atoms with Crippen LogP contribution in [0.15, 0.2) is 182 Å². The quantitative estimate of drug-likeness (QED) is 0.0524. The predicted octanol–water partition coefficient (Wildman–Crippen LogP) is 14.8. The van der Waals surface area contributed by atoms with E-state index in [2.05, 4.69) is 32.6 Å². The summed E-state index contributed by atoms with van der Waals surface area (Å²) in [5, 5.41) is 26.2. The van der Waals surface area contributed by atoms with Gasteiger partial charge in [-0.1, -0.05) is 112 Å². The molecule has 0 amide bonds. The zero-order chi connectivity index (χ0) is 58.6. The molecule has 0 spiro atoms. The molecule has 4 N–H and O–H groups in total. The summed E-state index contributed by atoms with van der Waals surface area (Å²) in [4.78, 5) is 16.1. The topological polar surface area (TPSA) is 107 Å². The van der Waals surface area contributed by atoms with E-state index in [1.54, 1.807) is 0 Å². The number of carbonyl (C=O) groups excluding carboxylic acids is 1. The van der Waals surface area contributed by atoms with Crippen LogP contribution in [0.1, 0.15) is 66.3 Å². The van der Waals surface area contributed by atoms with E-state index < -0.39 is 53.3 Å². The van der Waals surface area contributed by atoms with E-state index in [-0.39, 0.29) is 52.5 Å². The number of benzene rings is 7. The van der Waals surface area contributed by atoms with Crippen LogP contribution < -0.4 is 20.1 Å². The van der Waals surface area contributed by atoms with E-state index in [9.17, 15) is 63.3 Å². The van der Waals surface area contributed by atoms with Crippen LogP contribution in [-0.4, -0.2) is 83.9 Å². The maximum absolute atomic E-state index is 13.1. The number of Topliss-reactive ketones (excluding diaryl/α,β-unsaturated/α-hetero) is 1. The lowest BCUT2D eigenvalue weighted by Gasteiger charge is -2.30. The fourth-order valence-corrected chi connectivity index (χ4v) is 8.27. The number of aliphatic hydroxyl groups is 2. The van der Waals surface area contributed by atoms with Crippen LogP contribution in [0.4, 0.5) is 59.7 Å². The fourth-order valence-electron chi connectivity index (χ4n) is 8.27. The molecule has 0 saturated heterocycles. The summed E-state index contributed by atoms with van der Waals surface area (Å²) in [6, 6.07) is 46.9. The molecule has 8 rings (SSSR count). The third-order valence-electron chi connectivity index (χ3n) is 12.5. The Hall–Kier alpha value is -7.52. The number of alkyl halides is 11. The standard InChI is InChI=1S/C24H24F3NO2.C19H20F3NO2.C18H17F5N2O.2CH4/c25-24(26,27)21-11-13-23(14-12-21)30-18-22(29)17-28(15-19-7-3-1-4-8-19)16-20-9-5-2-6-10-20;20-19(21,22)16-5-7-18(8-6-16)25-13-17(24)12-23-10-9-14-3-1-2-4-15(14)11-23;1-17(19,20)12-2-6-14(7-3-12)24-10-16(26)11-25-15-8-4-13(5-9-15)18(21,22)23;;/h1-14,22,29H,15-18H2;1-8,17,24H,9-13H2;2-9,24-25H,10-11H2,1H3;2*1H4. The highest BCUT2D eigenvalue weighted by molar-refractivity contribution is 5.86. The van der Waals surface area contributed by atoms with Gasteiger partial charge >= 0.3 is 18.5 Å². The molecule has 1 aliphatic heterocycles.